The van der Waals surface area contributed by atoms with Gasteiger partial charge in [0.1, 0.15) is 11.5 Å². The molecule has 28 heavy (non-hydrogen) atoms. The molecule has 0 unspecified atom stereocenters. The van der Waals surface area contributed by atoms with Gasteiger partial charge in [0, 0.05) is 16.8 Å². The van der Waals surface area contributed by atoms with Crippen LogP contribution in [-0.4, -0.2) is 31.7 Å². The van der Waals surface area contributed by atoms with Gasteiger partial charge in [-0.1, -0.05) is 23.2 Å². The predicted octanol–water partition coefficient (Wildman–Crippen LogP) is 4.15. The second-order valence-corrected chi connectivity index (χ2v) is 6.55. The van der Waals surface area contributed by atoms with E-state index in [0.717, 1.165) is 0 Å². The van der Waals surface area contributed by atoms with Crippen LogP contribution in [0, 0.1) is 0 Å². The third kappa shape index (κ3) is 5.87. The molecule has 2 rings (SSSR count). The first kappa shape index (κ1) is 21.5. The summed E-state index contributed by atoms with van der Waals surface area (Å²) in [5, 5.41) is 7.42. The molecule has 2 amide bonds. The van der Waals surface area contributed by atoms with Crippen molar-refractivity contribution < 1.29 is 19.1 Å². The summed E-state index contributed by atoms with van der Waals surface area (Å²) < 4.78 is 10.3. The zero-order valence-corrected chi connectivity index (χ0v) is 17.0. The largest absolute Gasteiger partial charge is 0.497 e. The Labute approximate surface area is 172 Å². The van der Waals surface area contributed by atoms with Crippen molar-refractivity contribution in [1.82, 2.24) is 5.43 Å². The van der Waals surface area contributed by atoms with Crippen LogP contribution in [0.15, 0.2) is 41.5 Å². The zero-order chi connectivity index (χ0) is 20.7. The highest BCUT2D eigenvalue weighted by molar-refractivity contribution is 6.35. The lowest BCUT2D eigenvalue weighted by molar-refractivity contribution is -0.115. The average molecular weight is 424 g/mol. The van der Waals surface area contributed by atoms with Crippen molar-refractivity contribution in [3.05, 3.63) is 52.0 Å². The molecular weight excluding hydrogens is 405 g/mol. The van der Waals surface area contributed by atoms with Crippen molar-refractivity contribution in [2.24, 2.45) is 5.10 Å². The number of hydrogen-bond acceptors (Lipinski definition) is 5. The number of nitrogens with one attached hydrogen (secondary N) is 2. The minimum absolute atomic E-state index is 0.0388. The Morgan fingerprint density at radius 2 is 1.82 bits per heavy atom. The summed E-state index contributed by atoms with van der Waals surface area (Å²) in [6, 6.07) is 9.54. The molecule has 0 aliphatic carbocycles. The van der Waals surface area contributed by atoms with Gasteiger partial charge in [-0.15, -0.1) is 0 Å². The summed E-state index contributed by atoms with van der Waals surface area (Å²) in [6.07, 6.45) is -0.0388. The van der Waals surface area contributed by atoms with E-state index in [1.54, 1.807) is 43.3 Å². The normalized spacial score (nSPS) is 11.0. The van der Waals surface area contributed by atoms with Crippen molar-refractivity contribution in [3.8, 4) is 11.5 Å². The fourth-order valence-corrected chi connectivity index (χ4v) is 2.59. The minimum Gasteiger partial charge on any atom is -0.497 e. The number of ether oxygens (including phenoxy) is 2. The molecule has 0 atom stereocenters. The SMILES string of the molecule is COc1ccc(C(=O)N/N=C(\C)CC(=O)Nc2cc(Cl)ccc2Cl)c(OC)c1. The van der Waals surface area contributed by atoms with E-state index in [0.29, 0.717) is 32.9 Å². The van der Waals surface area contributed by atoms with Gasteiger partial charge in [0.15, 0.2) is 0 Å². The van der Waals surface area contributed by atoms with E-state index in [4.69, 9.17) is 32.7 Å². The van der Waals surface area contributed by atoms with Gasteiger partial charge in [-0.25, -0.2) is 5.43 Å². The molecule has 0 aliphatic rings. The number of rotatable bonds is 7. The van der Waals surface area contributed by atoms with Crippen LogP contribution in [0.2, 0.25) is 10.0 Å². The molecule has 0 saturated carbocycles. The molecular formula is C19H19Cl2N3O4. The first-order valence-electron chi connectivity index (χ1n) is 8.14. The quantitative estimate of drug-likeness (QED) is 0.517. The van der Waals surface area contributed by atoms with Gasteiger partial charge in [-0.3, -0.25) is 9.59 Å². The first-order chi connectivity index (χ1) is 13.3. The second kappa shape index (κ2) is 9.96. The lowest BCUT2D eigenvalue weighted by Gasteiger charge is -2.10. The topological polar surface area (TPSA) is 89.0 Å². The van der Waals surface area contributed by atoms with Gasteiger partial charge in [0.05, 0.1) is 36.9 Å². The van der Waals surface area contributed by atoms with Crippen molar-refractivity contribution in [1.29, 1.82) is 0 Å². The van der Waals surface area contributed by atoms with Gasteiger partial charge in [0.25, 0.3) is 5.91 Å². The van der Waals surface area contributed by atoms with Crippen LogP contribution >= 0.6 is 23.2 Å². The van der Waals surface area contributed by atoms with E-state index >= 15 is 0 Å². The summed E-state index contributed by atoms with van der Waals surface area (Å²) in [5.41, 5.74) is 3.49. The number of methoxy groups -OCH3 is 2. The van der Waals surface area contributed by atoms with Crippen molar-refractivity contribution in [3.63, 3.8) is 0 Å². The number of amides is 2. The molecule has 7 nitrogen and oxygen atoms in total. The van der Waals surface area contributed by atoms with Gasteiger partial charge >= 0.3 is 0 Å². The number of carbonyl (C=O) groups excluding carboxylic acids is 2. The minimum atomic E-state index is -0.475. The zero-order valence-electron chi connectivity index (χ0n) is 15.5. The highest BCUT2D eigenvalue weighted by atomic mass is 35.5. The van der Waals surface area contributed by atoms with Crippen LogP contribution in [0.3, 0.4) is 0 Å². The van der Waals surface area contributed by atoms with Gasteiger partial charge < -0.3 is 14.8 Å². The molecule has 0 spiro atoms. The number of nitrogens with zero attached hydrogens (tertiary/aromatic N) is 1. The average Bonchev–Trinajstić information content (AvgIpc) is 2.68. The van der Waals surface area contributed by atoms with Crippen LogP contribution in [0.5, 0.6) is 11.5 Å². The Kier molecular flexibility index (Phi) is 7.66. The second-order valence-electron chi connectivity index (χ2n) is 5.70. The molecule has 0 saturated heterocycles. The highest BCUT2D eigenvalue weighted by Crippen LogP contribution is 2.26. The van der Waals surface area contributed by atoms with Crippen LogP contribution < -0.4 is 20.2 Å². The molecule has 0 radical (unpaired) electrons. The summed E-state index contributed by atoms with van der Waals surface area (Å²) in [7, 11) is 2.97. The molecule has 9 heteroatoms. The van der Waals surface area contributed by atoms with Gasteiger partial charge in [0.2, 0.25) is 5.91 Å². The number of benzene rings is 2. The molecule has 2 aromatic rings. The molecule has 0 aliphatic heterocycles. The van der Waals surface area contributed by atoms with E-state index in [1.165, 1.54) is 14.2 Å². The van der Waals surface area contributed by atoms with Crippen LogP contribution in [0.4, 0.5) is 5.69 Å². The van der Waals surface area contributed by atoms with E-state index < -0.39 is 5.91 Å². The monoisotopic (exact) mass is 423 g/mol. The molecule has 148 valence electrons. The van der Waals surface area contributed by atoms with Crippen molar-refractivity contribution >= 4 is 46.4 Å². The molecule has 0 heterocycles. The number of halogens is 2. The van der Waals surface area contributed by atoms with Crippen molar-refractivity contribution in [2.75, 3.05) is 19.5 Å². The fraction of sp³-hybridized carbons (Fsp3) is 0.211. The third-order valence-corrected chi connectivity index (χ3v) is 4.19. The van der Waals surface area contributed by atoms with Gasteiger partial charge in [-0.05, 0) is 37.3 Å². The number of anilines is 1. The highest BCUT2D eigenvalue weighted by Gasteiger charge is 2.13. The van der Waals surface area contributed by atoms with E-state index in [-0.39, 0.29) is 17.9 Å². The van der Waals surface area contributed by atoms with Crippen LogP contribution in [-0.2, 0) is 4.79 Å². The molecule has 0 bridgehead atoms. The molecule has 0 fully saturated rings. The smallest absolute Gasteiger partial charge is 0.275 e. The Bertz CT molecular complexity index is 916. The molecule has 2 N–H and O–H groups in total. The first-order valence-corrected chi connectivity index (χ1v) is 8.90. The maximum Gasteiger partial charge on any atom is 0.275 e. The van der Waals surface area contributed by atoms with E-state index in [2.05, 4.69) is 15.8 Å². The van der Waals surface area contributed by atoms with E-state index in [1.807, 2.05) is 0 Å². The number of carbonyl (C=O) groups is 2. The Balaban J connectivity index is 1.99. The maximum absolute atomic E-state index is 12.3. The van der Waals surface area contributed by atoms with Crippen LogP contribution in [0.25, 0.3) is 0 Å². The molecule has 2 aromatic carbocycles. The lowest BCUT2D eigenvalue weighted by Crippen LogP contribution is -2.22. The summed E-state index contributed by atoms with van der Waals surface area (Å²) >= 11 is 11.9. The van der Waals surface area contributed by atoms with Gasteiger partial charge in [-0.2, -0.15) is 5.10 Å². The Morgan fingerprint density at radius 3 is 2.50 bits per heavy atom. The third-order valence-electron chi connectivity index (χ3n) is 3.62. The van der Waals surface area contributed by atoms with Crippen molar-refractivity contribution in [2.45, 2.75) is 13.3 Å². The van der Waals surface area contributed by atoms with Crippen LogP contribution in [0.1, 0.15) is 23.7 Å². The summed E-state index contributed by atoms with van der Waals surface area (Å²) in [6.45, 7) is 1.62. The lowest BCUT2D eigenvalue weighted by atomic mass is 10.2. The standard InChI is InChI=1S/C19H19Cl2N3O4/c1-11(8-18(25)22-16-9-12(20)4-7-15(16)21)23-24-19(26)14-6-5-13(27-2)10-17(14)28-3/h4-7,9-10H,8H2,1-3H3,(H,22,25)(H,24,26)/b23-11+. The molecule has 0 aromatic heterocycles. The summed E-state index contributed by atoms with van der Waals surface area (Å²) in [5.74, 6) is 0.0845. The van der Waals surface area contributed by atoms with E-state index in [9.17, 15) is 9.59 Å². The number of hydrazone groups is 1. The summed E-state index contributed by atoms with van der Waals surface area (Å²) in [4.78, 5) is 24.4. The number of hydrogen-bond donors (Lipinski definition) is 2. The Morgan fingerprint density at radius 1 is 1.07 bits per heavy atom. The Hall–Kier alpha value is -2.77. The predicted molar refractivity (Wildman–Crippen MR) is 110 cm³/mol. The maximum atomic E-state index is 12.3. The fourth-order valence-electron chi connectivity index (χ4n) is 2.25.